The topological polar surface area (TPSA) is 59.0 Å². The number of benzene rings is 3. The van der Waals surface area contributed by atoms with Crippen LogP contribution in [-0.2, 0) is 16.1 Å². The minimum Gasteiger partial charge on any atom is -0.508 e. The van der Waals surface area contributed by atoms with E-state index in [0.29, 0.717) is 26.1 Å². The van der Waals surface area contributed by atoms with Gasteiger partial charge in [0, 0.05) is 22.7 Å². The number of carbonyl (C=O) groups excluding carboxylic acids is 1. The number of hydrogen-bond acceptors (Lipinski definition) is 4. The van der Waals surface area contributed by atoms with Crippen molar-refractivity contribution in [1.29, 1.82) is 0 Å². The van der Waals surface area contributed by atoms with E-state index >= 15 is 0 Å². The Morgan fingerprint density at radius 2 is 1.83 bits per heavy atom. The van der Waals surface area contributed by atoms with E-state index in [2.05, 4.69) is 10.2 Å². The first kappa shape index (κ1) is 25.2. The maximum atomic E-state index is 13.5. The third-order valence-electron chi connectivity index (χ3n) is 6.86. The van der Waals surface area contributed by atoms with E-state index < -0.39 is 5.60 Å². The fourth-order valence-electron chi connectivity index (χ4n) is 4.30. The summed E-state index contributed by atoms with van der Waals surface area (Å²) in [4.78, 5) is 14.7. The standard InChI is InChI=1S/C28H31FNO4Si/c1-18(35)28(2,3)34-27(32)30-13-12-25(20-6-9-23(29)10-7-20)26(16-30)33-17-19-4-5-22-15-24(31)11-8-21(22)14-19/h4-11,14-15,18,25-26,31H,12-13,16-17H2,1-3H3. The number of halogens is 1. The van der Waals surface area contributed by atoms with Crippen molar-refractivity contribution in [3.63, 3.8) is 0 Å². The van der Waals surface area contributed by atoms with Crippen LogP contribution in [0.2, 0.25) is 5.54 Å². The molecule has 1 fully saturated rings. The van der Waals surface area contributed by atoms with Crippen LogP contribution in [0.4, 0.5) is 9.18 Å². The normalized spacial score (nSPS) is 19.5. The number of hydrogen-bond donors (Lipinski definition) is 1. The highest BCUT2D eigenvalue weighted by molar-refractivity contribution is 6.12. The summed E-state index contributed by atoms with van der Waals surface area (Å²) in [6.07, 6.45) is 0.0461. The molecule has 183 valence electrons. The van der Waals surface area contributed by atoms with E-state index in [1.165, 1.54) is 12.1 Å². The molecule has 1 saturated heterocycles. The largest absolute Gasteiger partial charge is 0.508 e. The third kappa shape index (κ3) is 6.03. The summed E-state index contributed by atoms with van der Waals surface area (Å²) in [5.74, 6) is -0.0182. The zero-order valence-corrected chi connectivity index (χ0v) is 21.3. The van der Waals surface area contributed by atoms with Gasteiger partial charge < -0.3 is 19.5 Å². The number of phenols is 1. The number of rotatable bonds is 6. The van der Waals surface area contributed by atoms with E-state index in [4.69, 9.17) is 9.47 Å². The summed E-state index contributed by atoms with van der Waals surface area (Å²) in [7, 11) is 3.57. The van der Waals surface area contributed by atoms with Crippen LogP contribution in [0.15, 0.2) is 60.7 Å². The van der Waals surface area contributed by atoms with Crippen molar-refractivity contribution in [2.45, 2.75) is 57.0 Å². The second-order valence-corrected chi connectivity index (χ2v) is 10.7. The van der Waals surface area contributed by atoms with Crippen molar-refractivity contribution in [3.05, 3.63) is 77.6 Å². The van der Waals surface area contributed by atoms with Crippen molar-refractivity contribution in [2.24, 2.45) is 0 Å². The molecule has 5 nitrogen and oxygen atoms in total. The first-order chi connectivity index (χ1) is 16.6. The lowest BCUT2D eigenvalue weighted by molar-refractivity contribution is -0.0393. The lowest BCUT2D eigenvalue weighted by Crippen LogP contribution is -2.49. The molecular weight excluding hydrogens is 461 g/mol. The molecule has 7 heteroatoms. The molecule has 0 spiro atoms. The summed E-state index contributed by atoms with van der Waals surface area (Å²) in [5.41, 5.74) is 1.32. The van der Waals surface area contributed by atoms with Crippen LogP contribution < -0.4 is 0 Å². The van der Waals surface area contributed by atoms with Gasteiger partial charge in [-0.3, -0.25) is 0 Å². The van der Waals surface area contributed by atoms with Gasteiger partial charge in [-0.25, -0.2) is 9.18 Å². The first-order valence-electron chi connectivity index (χ1n) is 11.9. The number of nitrogens with zero attached hydrogens (tertiary/aromatic N) is 1. The smallest absolute Gasteiger partial charge is 0.410 e. The Bertz CT molecular complexity index is 1180. The Morgan fingerprint density at radius 1 is 1.14 bits per heavy atom. The summed E-state index contributed by atoms with van der Waals surface area (Å²) >= 11 is 0. The van der Waals surface area contributed by atoms with Crippen molar-refractivity contribution < 1.29 is 23.8 Å². The number of fused-ring (bicyclic) bond motifs is 1. The van der Waals surface area contributed by atoms with Gasteiger partial charge in [-0.2, -0.15) is 0 Å². The average molecular weight is 493 g/mol. The highest BCUT2D eigenvalue weighted by Crippen LogP contribution is 2.33. The van der Waals surface area contributed by atoms with Gasteiger partial charge in [-0.1, -0.05) is 37.3 Å². The minimum atomic E-state index is -0.655. The predicted molar refractivity (Wildman–Crippen MR) is 135 cm³/mol. The van der Waals surface area contributed by atoms with Gasteiger partial charge in [0.15, 0.2) is 0 Å². The number of amides is 1. The Morgan fingerprint density at radius 3 is 2.54 bits per heavy atom. The number of carbonyl (C=O) groups is 1. The molecule has 1 amide bonds. The zero-order valence-electron chi connectivity index (χ0n) is 20.3. The van der Waals surface area contributed by atoms with E-state index in [0.717, 1.165) is 21.9 Å². The maximum Gasteiger partial charge on any atom is 0.410 e. The SMILES string of the molecule is CC([Si])C(C)(C)OC(=O)N1CCC(c2ccc(F)cc2)C(OCc2ccc3cc(O)ccc3c2)C1. The Kier molecular flexibility index (Phi) is 7.47. The van der Waals surface area contributed by atoms with Crippen LogP contribution in [0, 0.1) is 5.82 Å². The number of aromatic hydroxyl groups is 1. The van der Waals surface area contributed by atoms with Crippen LogP contribution in [0.25, 0.3) is 10.8 Å². The molecule has 3 aromatic carbocycles. The summed E-state index contributed by atoms with van der Waals surface area (Å²) in [6.45, 7) is 6.98. The molecule has 0 aromatic heterocycles. The molecule has 1 N–H and O–H groups in total. The number of ether oxygens (including phenoxy) is 2. The Hall–Kier alpha value is -2.90. The van der Waals surface area contributed by atoms with E-state index in [1.807, 2.05) is 45.0 Å². The monoisotopic (exact) mass is 492 g/mol. The number of piperidine rings is 1. The van der Waals surface area contributed by atoms with Crippen molar-refractivity contribution in [1.82, 2.24) is 4.90 Å². The number of phenolic OH excluding ortho intramolecular Hbond substituents is 1. The lowest BCUT2D eigenvalue weighted by atomic mass is 9.87. The van der Waals surface area contributed by atoms with Gasteiger partial charge in [0.1, 0.15) is 17.2 Å². The average Bonchev–Trinajstić information content (AvgIpc) is 2.82. The highest BCUT2D eigenvalue weighted by Gasteiger charge is 2.36. The minimum absolute atomic E-state index is 0.00920. The van der Waals surface area contributed by atoms with Crippen molar-refractivity contribution in [2.75, 3.05) is 13.1 Å². The van der Waals surface area contributed by atoms with E-state index in [9.17, 15) is 14.3 Å². The molecular formula is C28H31FNO4Si. The van der Waals surface area contributed by atoms with Crippen molar-refractivity contribution >= 4 is 27.1 Å². The van der Waals surface area contributed by atoms with Gasteiger partial charge in [0.05, 0.1) is 19.3 Å². The van der Waals surface area contributed by atoms with Crippen LogP contribution in [-0.4, -0.2) is 51.1 Å². The van der Waals surface area contributed by atoms with Gasteiger partial charge in [0.25, 0.3) is 0 Å². The fraction of sp³-hybridized carbons (Fsp3) is 0.393. The molecule has 3 radical (unpaired) electrons. The van der Waals surface area contributed by atoms with E-state index in [-0.39, 0.29) is 35.2 Å². The molecule has 3 aromatic rings. The summed E-state index contributed by atoms with van der Waals surface area (Å²) in [5, 5.41) is 11.7. The van der Waals surface area contributed by atoms with Crippen LogP contribution in [0.3, 0.4) is 0 Å². The summed E-state index contributed by atoms with van der Waals surface area (Å²) < 4.78 is 25.7. The molecule has 1 aliphatic rings. The van der Waals surface area contributed by atoms with Crippen LogP contribution in [0.1, 0.15) is 44.2 Å². The Balaban J connectivity index is 1.51. The fourth-order valence-corrected chi connectivity index (χ4v) is 4.36. The van der Waals surface area contributed by atoms with E-state index in [1.54, 1.807) is 29.2 Å². The molecule has 35 heavy (non-hydrogen) atoms. The lowest BCUT2D eigenvalue weighted by Gasteiger charge is -2.40. The number of likely N-dealkylation sites (tertiary alicyclic amines) is 1. The van der Waals surface area contributed by atoms with Gasteiger partial charge >= 0.3 is 6.09 Å². The van der Waals surface area contributed by atoms with Gasteiger partial charge in [-0.15, -0.1) is 0 Å². The molecule has 0 aliphatic carbocycles. The van der Waals surface area contributed by atoms with Gasteiger partial charge in [0.2, 0.25) is 0 Å². The maximum absolute atomic E-state index is 13.5. The second kappa shape index (κ2) is 10.4. The third-order valence-corrected chi connectivity index (χ3v) is 7.56. The van der Waals surface area contributed by atoms with Crippen LogP contribution in [0.5, 0.6) is 5.75 Å². The molecule has 1 aliphatic heterocycles. The molecule has 3 unspecified atom stereocenters. The van der Waals surface area contributed by atoms with Crippen LogP contribution >= 0.6 is 0 Å². The molecule has 4 rings (SSSR count). The predicted octanol–water partition coefficient (Wildman–Crippen LogP) is 5.95. The molecule has 0 bridgehead atoms. The molecule has 1 heterocycles. The molecule has 0 saturated carbocycles. The second-order valence-electron chi connectivity index (χ2n) is 9.80. The quantitative estimate of drug-likeness (QED) is 0.432. The first-order valence-corrected chi connectivity index (χ1v) is 12.5. The Labute approximate surface area is 209 Å². The highest BCUT2D eigenvalue weighted by atomic mass is 28.1. The zero-order chi connectivity index (χ0) is 25.2. The van der Waals surface area contributed by atoms with Gasteiger partial charge in [-0.05, 0) is 78.0 Å². The van der Waals surface area contributed by atoms with Crippen molar-refractivity contribution in [3.8, 4) is 5.75 Å². The molecule has 3 atom stereocenters. The summed E-state index contributed by atoms with van der Waals surface area (Å²) in [6, 6.07) is 17.8.